The van der Waals surface area contributed by atoms with E-state index in [1.165, 1.54) is 4.57 Å². The lowest BCUT2D eigenvalue weighted by molar-refractivity contribution is -0.133. The molecule has 0 spiro atoms. The summed E-state index contributed by atoms with van der Waals surface area (Å²) >= 11 is 3.95. The maximum absolute atomic E-state index is 14.0. The van der Waals surface area contributed by atoms with Crippen LogP contribution in [-0.4, -0.2) is 31.6 Å². The Kier molecular flexibility index (Phi) is 4.94. The number of nitrogens with zero attached hydrogens (tertiary/aromatic N) is 3. The Balaban J connectivity index is 2.48. The van der Waals surface area contributed by atoms with Crippen LogP contribution in [0, 0.1) is 11.6 Å². The van der Waals surface area contributed by atoms with E-state index >= 15 is 0 Å². The van der Waals surface area contributed by atoms with Crippen LogP contribution in [0.4, 0.5) is 8.78 Å². The molecule has 5 nitrogen and oxygen atoms in total. The largest absolute Gasteiger partial charge is 0.481 e. The Morgan fingerprint density at radius 3 is 2.52 bits per heavy atom. The van der Waals surface area contributed by atoms with Crippen LogP contribution in [0.15, 0.2) is 21.8 Å². The number of halogens is 3. The van der Waals surface area contributed by atoms with Gasteiger partial charge in [-0.2, -0.15) is 0 Å². The molecule has 1 aromatic heterocycles. The quantitative estimate of drug-likeness (QED) is 0.810. The third-order valence-electron chi connectivity index (χ3n) is 2.59. The second kappa shape index (κ2) is 6.52. The Morgan fingerprint density at radius 1 is 1.38 bits per heavy atom. The van der Waals surface area contributed by atoms with E-state index in [1.54, 1.807) is 6.92 Å². The molecule has 2 aromatic rings. The fourth-order valence-corrected chi connectivity index (χ4v) is 2.87. The Bertz CT molecular complexity index is 670. The summed E-state index contributed by atoms with van der Waals surface area (Å²) in [5.41, 5.74) is -0.283. The van der Waals surface area contributed by atoms with Crippen molar-refractivity contribution in [1.29, 1.82) is 0 Å². The van der Waals surface area contributed by atoms with Crippen molar-refractivity contribution >= 4 is 33.7 Å². The molecule has 1 aromatic carbocycles. The van der Waals surface area contributed by atoms with Gasteiger partial charge < -0.3 is 9.67 Å². The molecule has 2 rings (SSSR count). The lowest BCUT2D eigenvalue weighted by Crippen LogP contribution is -2.05. The summed E-state index contributed by atoms with van der Waals surface area (Å²) in [6.45, 7) is 2.12. The van der Waals surface area contributed by atoms with Crippen LogP contribution in [0.2, 0.25) is 0 Å². The van der Waals surface area contributed by atoms with Crippen LogP contribution >= 0.6 is 27.7 Å². The summed E-state index contributed by atoms with van der Waals surface area (Å²) in [4.78, 5) is 10.6. The van der Waals surface area contributed by atoms with E-state index in [0.29, 0.717) is 11.7 Å². The standard InChI is InChI=1S/C12H10BrF2N3O2S/c1-2-18-11(16-17-12(18)21-5-9(19)20)10-7(14)3-6(13)4-8(10)15/h3-4H,2,5H2,1H3,(H,19,20). The summed E-state index contributed by atoms with van der Waals surface area (Å²) < 4.78 is 29.7. The van der Waals surface area contributed by atoms with Crippen molar-refractivity contribution in [3.05, 3.63) is 28.2 Å². The van der Waals surface area contributed by atoms with Gasteiger partial charge in [0.2, 0.25) is 0 Å². The first-order valence-electron chi connectivity index (χ1n) is 5.86. The molecule has 0 amide bonds. The number of carboxylic acid groups (broad SMARTS) is 1. The van der Waals surface area contributed by atoms with Gasteiger partial charge in [0, 0.05) is 11.0 Å². The summed E-state index contributed by atoms with van der Waals surface area (Å²) in [6, 6.07) is 2.27. The number of carboxylic acids is 1. The van der Waals surface area contributed by atoms with Gasteiger partial charge in [0.1, 0.15) is 11.6 Å². The monoisotopic (exact) mass is 377 g/mol. The molecule has 1 N–H and O–H groups in total. The molecule has 0 unspecified atom stereocenters. The van der Waals surface area contributed by atoms with Crippen LogP contribution in [0.3, 0.4) is 0 Å². The molecule has 0 radical (unpaired) electrons. The van der Waals surface area contributed by atoms with Gasteiger partial charge in [-0.05, 0) is 19.1 Å². The molecular weight excluding hydrogens is 368 g/mol. The Hall–Kier alpha value is -1.48. The zero-order valence-corrected chi connectivity index (χ0v) is 13.2. The number of carbonyl (C=O) groups is 1. The predicted molar refractivity (Wildman–Crippen MR) is 77.1 cm³/mol. The SMILES string of the molecule is CCn1c(SCC(=O)O)nnc1-c1c(F)cc(Br)cc1F. The average Bonchev–Trinajstić information content (AvgIpc) is 2.77. The van der Waals surface area contributed by atoms with Gasteiger partial charge >= 0.3 is 5.97 Å². The van der Waals surface area contributed by atoms with Crippen molar-refractivity contribution in [2.45, 2.75) is 18.6 Å². The topological polar surface area (TPSA) is 68.0 Å². The van der Waals surface area contributed by atoms with Gasteiger partial charge in [-0.1, -0.05) is 27.7 Å². The van der Waals surface area contributed by atoms with E-state index < -0.39 is 17.6 Å². The van der Waals surface area contributed by atoms with E-state index in [-0.39, 0.29) is 21.6 Å². The molecule has 0 aliphatic carbocycles. The third-order valence-corrected chi connectivity index (χ3v) is 4.00. The summed E-state index contributed by atoms with van der Waals surface area (Å²) in [5, 5.41) is 16.6. The molecule has 0 saturated heterocycles. The minimum atomic E-state index is -1.01. The van der Waals surface area contributed by atoms with Gasteiger partial charge in [-0.3, -0.25) is 4.79 Å². The van der Waals surface area contributed by atoms with Gasteiger partial charge in [0.15, 0.2) is 11.0 Å². The van der Waals surface area contributed by atoms with Crippen molar-refractivity contribution in [3.8, 4) is 11.4 Å². The van der Waals surface area contributed by atoms with Crippen molar-refractivity contribution in [2.75, 3.05) is 5.75 Å². The van der Waals surface area contributed by atoms with Gasteiger partial charge in [-0.15, -0.1) is 10.2 Å². The lowest BCUT2D eigenvalue weighted by atomic mass is 10.2. The third kappa shape index (κ3) is 3.41. The van der Waals surface area contributed by atoms with Gasteiger partial charge in [-0.25, -0.2) is 8.78 Å². The first kappa shape index (κ1) is 15.9. The van der Waals surface area contributed by atoms with Crippen molar-refractivity contribution in [3.63, 3.8) is 0 Å². The molecule has 0 saturated carbocycles. The van der Waals surface area contributed by atoms with Crippen LogP contribution in [0.25, 0.3) is 11.4 Å². The van der Waals surface area contributed by atoms with Crippen LogP contribution in [-0.2, 0) is 11.3 Å². The molecule has 21 heavy (non-hydrogen) atoms. The molecule has 0 bridgehead atoms. The smallest absolute Gasteiger partial charge is 0.313 e. The zero-order valence-electron chi connectivity index (χ0n) is 10.8. The fraction of sp³-hybridized carbons (Fsp3) is 0.250. The normalized spacial score (nSPS) is 10.9. The minimum Gasteiger partial charge on any atom is -0.481 e. The van der Waals surface area contributed by atoms with Crippen LogP contribution in [0.5, 0.6) is 0 Å². The molecule has 1 heterocycles. The second-order valence-electron chi connectivity index (χ2n) is 3.98. The van der Waals surface area contributed by atoms with Crippen molar-refractivity contribution in [2.24, 2.45) is 0 Å². The average molecular weight is 378 g/mol. The predicted octanol–water partition coefficient (Wildman–Crippen LogP) is 3.18. The number of benzene rings is 1. The number of aliphatic carboxylic acids is 1. The maximum Gasteiger partial charge on any atom is 0.313 e. The highest BCUT2D eigenvalue weighted by Crippen LogP contribution is 2.30. The highest BCUT2D eigenvalue weighted by molar-refractivity contribution is 9.10. The molecule has 112 valence electrons. The first-order chi connectivity index (χ1) is 9.93. The highest BCUT2D eigenvalue weighted by atomic mass is 79.9. The molecule has 0 atom stereocenters. The number of rotatable bonds is 5. The first-order valence-corrected chi connectivity index (χ1v) is 7.64. The van der Waals surface area contributed by atoms with E-state index in [2.05, 4.69) is 26.1 Å². The van der Waals surface area contributed by atoms with Crippen molar-refractivity contribution < 1.29 is 18.7 Å². The van der Waals surface area contributed by atoms with E-state index in [9.17, 15) is 13.6 Å². The molecule has 0 aliphatic rings. The summed E-state index contributed by atoms with van der Waals surface area (Å²) in [7, 11) is 0. The molecular formula is C12H10BrF2N3O2S. The Morgan fingerprint density at radius 2 is 2.00 bits per heavy atom. The van der Waals surface area contributed by atoms with Crippen LogP contribution in [0.1, 0.15) is 6.92 Å². The summed E-state index contributed by atoms with van der Waals surface area (Å²) in [5.74, 6) is -2.71. The second-order valence-corrected chi connectivity index (χ2v) is 5.84. The molecule has 9 heteroatoms. The number of thioether (sulfide) groups is 1. The fourth-order valence-electron chi connectivity index (χ4n) is 1.75. The minimum absolute atomic E-state index is 0.0351. The number of aromatic nitrogens is 3. The highest BCUT2D eigenvalue weighted by Gasteiger charge is 2.21. The Labute approximate surface area is 131 Å². The van der Waals surface area contributed by atoms with E-state index in [0.717, 1.165) is 23.9 Å². The number of hydrogen-bond donors (Lipinski definition) is 1. The maximum atomic E-state index is 14.0. The van der Waals surface area contributed by atoms with E-state index in [4.69, 9.17) is 5.11 Å². The lowest BCUT2D eigenvalue weighted by Gasteiger charge is -2.08. The summed E-state index contributed by atoms with van der Waals surface area (Å²) in [6.07, 6.45) is 0. The number of hydrogen-bond acceptors (Lipinski definition) is 4. The van der Waals surface area contributed by atoms with Gasteiger partial charge in [0.05, 0.1) is 11.3 Å². The van der Waals surface area contributed by atoms with Gasteiger partial charge in [0.25, 0.3) is 0 Å². The molecule has 0 aliphatic heterocycles. The zero-order chi connectivity index (χ0) is 15.6. The molecule has 0 fully saturated rings. The van der Waals surface area contributed by atoms with E-state index in [1.807, 2.05) is 0 Å². The van der Waals surface area contributed by atoms with Crippen molar-refractivity contribution in [1.82, 2.24) is 14.8 Å². The van der Waals surface area contributed by atoms with Crippen LogP contribution < -0.4 is 0 Å².